The van der Waals surface area contributed by atoms with Crippen molar-refractivity contribution in [2.45, 2.75) is 24.9 Å². The smallest absolute Gasteiger partial charge is 0.251 e. The summed E-state index contributed by atoms with van der Waals surface area (Å²) in [6.07, 6.45) is 6.27. The van der Waals surface area contributed by atoms with Crippen LogP contribution >= 0.6 is 0 Å². The van der Waals surface area contributed by atoms with Gasteiger partial charge in [0, 0.05) is 29.7 Å². The number of aromatic nitrogens is 1. The number of rotatable bonds is 5. The van der Waals surface area contributed by atoms with E-state index < -0.39 is 0 Å². The second kappa shape index (κ2) is 8.04. The molecule has 1 unspecified atom stereocenters. The summed E-state index contributed by atoms with van der Waals surface area (Å²) in [7, 11) is 0. The van der Waals surface area contributed by atoms with Crippen molar-refractivity contribution in [1.82, 2.24) is 15.2 Å². The van der Waals surface area contributed by atoms with Crippen LogP contribution in [0.1, 0.15) is 34.8 Å². The molecule has 0 saturated carbocycles. The lowest BCUT2D eigenvalue weighted by Gasteiger charge is -2.51. The van der Waals surface area contributed by atoms with Gasteiger partial charge < -0.3 is 5.32 Å². The fourth-order valence-corrected chi connectivity index (χ4v) is 5.31. The van der Waals surface area contributed by atoms with E-state index in [1.807, 2.05) is 54.7 Å². The first-order chi connectivity index (χ1) is 14.7. The van der Waals surface area contributed by atoms with Gasteiger partial charge in [-0.25, -0.2) is 0 Å². The summed E-state index contributed by atoms with van der Waals surface area (Å²) in [4.78, 5) is 20.3. The number of carbonyl (C=O) groups excluding carboxylic acids is 1. The summed E-state index contributed by atoms with van der Waals surface area (Å²) in [6, 6.07) is 20.0. The highest BCUT2D eigenvalue weighted by molar-refractivity contribution is 5.95. The third-order valence-corrected chi connectivity index (χ3v) is 6.88. The summed E-state index contributed by atoms with van der Waals surface area (Å²) < 4.78 is 0. The van der Waals surface area contributed by atoms with Crippen LogP contribution in [-0.4, -0.2) is 34.9 Å². The van der Waals surface area contributed by atoms with Gasteiger partial charge in [0.25, 0.3) is 5.91 Å². The number of fused-ring (bicyclic) bond motifs is 4. The standard InChI is InChI=1S/C26H27N3O/c1-2-18-17-29-15-13-20(18)16-24(29)25(28-26(30)19-8-4-3-5-9-19)22-12-14-27-23-11-7-6-10-21(22)23/h2-12,14,18,20,24-25H,1,13,15-17H2,(H,28,30)/t18-,20-,24+,25-/m0/s1. The van der Waals surface area contributed by atoms with Gasteiger partial charge in [0.2, 0.25) is 0 Å². The molecule has 152 valence electrons. The molecule has 0 radical (unpaired) electrons. The van der Waals surface area contributed by atoms with Crippen LogP contribution in [0.15, 0.2) is 79.5 Å². The van der Waals surface area contributed by atoms with Crippen LogP contribution in [0.25, 0.3) is 10.9 Å². The topological polar surface area (TPSA) is 45.2 Å². The van der Waals surface area contributed by atoms with Gasteiger partial charge in [-0.05, 0) is 61.1 Å². The van der Waals surface area contributed by atoms with E-state index >= 15 is 0 Å². The average molecular weight is 398 g/mol. The SMILES string of the molecule is C=C[C@H]1CN2CC[C@H]1C[C@@H]2[C@@H](NC(=O)c1ccccc1)c1ccnc2ccccc12. The Kier molecular flexibility index (Phi) is 5.09. The van der Waals surface area contributed by atoms with Gasteiger partial charge in [0.1, 0.15) is 0 Å². The Morgan fingerprint density at radius 3 is 2.70 bits per heavy atom. The number of pyridine rings is 1. The number of amides is 1. The lowest BCUT2D eigenvalue weighted by molar-refractivity contribution is 0.00171. The van der Waals surface area contributed by atoms with Gasteiger partial charge in [-0.15, -0.1) is 6.58 Å². The number of benzene rings is 2. The summed E-state index contributed by atoms with van der Waals surface area (Å²) in [5, 5.41) is 4.51. The maximum absolute atomic E-state index is 13.2. The zero-order valence-electron chi connectivity index (χ0n) is 17.1. The predicted octanol–water partition coefficient (Wildman–Crippen LogP) is 4.60. The van der Waals surface area contributed by atoms with Gasteiger partial charge in [-0.3, -0.25) is 14.7 Å². The predicted molar refractivity (Wildman–Crippen MR) is 120 cm³/mol. The van der Waals surface area contributed by atoms with Crippen molar-refractivity contribution in [3.63, 3.8) is 0 Å². The van der Waals surface area contributed by atoms with Crippen LogP contribution in [0.3, 0.4) is 0 Å². The summed E-state index contributed by atoms with van der Waals surface area (Å²) in [6.45, 7) is 6.17. The van der Waals surface area contributed by atoms with E-state index in [2.05, 4.69) is 40.0 Å². The van der Waals surface area contributed by atoms with E-state index in [0.717, 1.165) is 36.0 Å². The maximum atomic E-state index is 13.2. The number of hydrogen-bond acceptors (Lipinski definition) is 3. The molecule has 1 N–H and O–H groups in total. The Morgan fingerprint density at radius 2 is 1.93 bits per heavy atom. The zero-order chi connectivity index (χ0) is 20.5. The third kappa shape index (κ3) is 3.41. The summed E-state index contributed by atoms with van der Waals surface area (Å²) in [5.41, 5.74) is 2.81. The molecule has 1 amide bonds. The molecular formula is C26H27N3O. The van der Waals surface area contributed by atoms with E-state index in [0.29, 0.717) is 17.4 Å². The Hall–Kier alpha value is -2.98. The van der Waals surface area contributed by atoms with Crippen molar-refractivity contribution in [3.05, 3.63) is 90.6 Å². The molecule has 6 rings (SSSR count). The van der Waals surface area contributed by atoms with E-state index in [1.54, 1.807) is 0 Å². The van der Waals surface area contributed by atoms with Gasteiger partial charge in [-0.1, -0.05) is 42.5 Å². The normalized spacial score (nSPS) is 26.3. The van der Waals surface area contributed by atoms with Crippen LogP contribution in [0.5, 0.6) is 0 Å². The molecule has 4 nitrogen and oxygen atoms in total. The maximum Gasteiger partial charge on any atom is 0.251 e. The third-order valence-electron chi connectivity index (χ3n) is 6.88. The Labute approximate surface area is 177 Å². The molecule has 1 aromatic heterocycles. The molecule has 3 aromatic rings. The van der Waals surface area contributed by atoms with Gasteiger partial charge in [0.15, 0.2) is 0 Å². The van der Waals surface area contributed by atoms with Gasteiger partial charge >= 0.3 is 0 Å². The molecule has 3 fully saturated rings. The summed E-state index contributed by atoms with van der Waals surface area (Å²) >= 11 is 0. The second-order valence-corrected chi connectivity index (χ2v) is 8.48. The minimum atomic E-state index is -0.0841. The average Bonchev–Trinajstić information content (AvgIpc) is 2.83. The number of piperidine rings is 3. The van der Waals surface area contributed by atoms with E-state index in [9.17, 15) is 4.79 Å². The number of para-hydroxylation sites is 1. The molecule has 4 heterocycles. The van der Waals surface area contributed by atoms with Gasteiger partial charge in [-0.2, -0.15) is 0 Å². The van der Waals surface area contributed by atoms with E-state index in [-0.39, 0.29) is 18.0 Å². The molecule has 0 aliphatic carbocycles. The van der Waals surface area contributed by atoms with Crippen LogP contribution in [0, 0.1) is 11.8 Å². The summed E-state index contributed by atoms with van der Waals surface area (Å²) in [5.74, 6) is 1.17. The van der Waals surface area contributed by atoms with Gasteiger partial charge in [0.05, 0.1) is 11.6 Å². The minimum Gasteiger partial charge on any atom is -0.344 e. The first-order valence-corrected chi connectivity index (χ1v) is 10.8. The molecule has 2 aromatic carbocycles. The molecule has 3 aliphatic heterocycles. The molecule has 5 atom stereocenters. The van der Waals surface area contributed by atoms with Crippen molar-refractivity contribution in [3.8, 4) is 0 Å². The van der Waals surface area contributed by atoms with Crippen LogP contribution in [0.4, 0.5) is 0 Å². The molecule has 30 heavy (non-hydrogen) atoms. The monoisotopic (exact) mass is 397 g/mol. The largest absolute Gasteiger partial charge is 0.344 e. The molecule has 0 spiro atoms. The first kappa shape index (κ1) is 19.0. The van der Waals surface area contributed by atoms with Crippen molar-refractivity contribution in [2.24, 2.45) is 11.8 Å². The van der Waals surface area contributed by atoms with Crippen molar-refractivity contribution in [1.29, 1.82) is 0 Å². The second-order valence-electron chi connectivity index (χ2n) is 8.48. The van der Waals surface area contributed by atoms with Crippen molar-refractivity contribution in [2.75, 3.05) is 13.1 Å². The molecule has 4 heteroatoms. The fraction of sp³-hybridized carbons (Fsp3) is 0.308. The highest BCUT2D eigenvalue weighted by Crippen LogP contribution is 2.42. The number of carbonyl (C=O) groups is 1. The Balaban J connectivity index is 1.54. The molecule has 2 bridgehead atoms. The van der Waals surface area contributed by atoms with Crippen LogP contribution in [-0.2, 0) is 0 Å². The first-order valence-electron chi connectivity index (χ1n) is 10.8. The van der Waals surface area contributed by atoms with Crippen molar-refractivity contribution < 1.29 is 4.79 Å². The molecule has 3 saturated heterocycles. The number of nitrogens with one attached hydrogen (secondary N) is 1. The number of hydrogen-bond donors (Lipinski definition) is 1. The van der Waals surface area contributed by atoms with Crippen molar-refractivity contribution >= 4 is 16.8 Å². The van der Waals surface area contributed by atoms with Crippen LogP contribution in [0.2, 0.25) is 0 Å². The molecular weight excluding hydrogens is 370 g/mol. The van der Waals surface area contributed by atoms with Crippen LogP contribution < -0.4 is 5.32 Å². The number of nitrogens with zero attached hydrogens (tertiary/aromatic N) is 2. The minimum absolute atomic E-state index is 0.0237. The fourth-order valence-electron chi connectivity index (χ4n) is 5.31. The highest BCUT2D eigenvalue weighted by Gasteiger charge is 2.43. The lowest BCUT2D eigenvalue weighted by Crippen LogP contribution is -2.57. The zero-order valence-corrected chi connectivity index (χ0v) is 17.1. The highest BCUT2D eigenvalue weighted by atomic mass is 16.1. The quantitative estimate of drug-likeness (QED) is 0.640. The Morgan fingerprint density at radius 1 is 1.13 bits per heavy atom. The molecule has 3 aliphatic rings. The Bertz CT molecular complexity index is 1060. The van der Waals surface area contributed by atoms with E-state index in [4.69, 9.17) is 0 Å². The van der Waals surface area contributed by atoms with E-state index in [1.165, 1.54) is 6.42 Å². The lowest BCUT2D eigenvalue weighted by atomic mass is 9.73.